The topological polar surface area (TPSA) is 108 Å². The Balaban J connectivity index is 3.96. The number of phosphoric ester groups is 1. The van der Waals surface area contributed by atoms with Gasteiger partial charge in [-0.3, -0.25) is 18.6 Å². The molecule has 73 heavy (non-hydrogen) atoms. The number of likely N-dealkylation sites (N-methyl/N-ethyl adjacent to an activating group) is 1. The highest BCUT2D eigenvalue weighted by molar-refractivity contribution is 7.47. The molecule has 9 nitrogen and oxygen atoms in total. The van der Waals surface area contributed by atoms with E-state index >= 15 is 0 Å². The van der Waals surface area contributed by atoms with Gasteiger partial charge in [0.2, 0.25) is 0 Å². The van der Waals surface area contributed by atoms with Gasteiger partial charge in [0.15, 0.2) is 6.10 Å². The van der Waals surface area contributed by atoms with Crippen molar-refractivity contribution in [3.05, 3.63) is 12.2 Å². The number of phosphoric acid groups is 1. The smallest absolute Gasteiger partial charge is 0.462 e. The molecule has 0 aliphatic heterocycles. The summed E-state index contributed by atoms with van der Waals surface area (Å²) in [7, 11) is 1.49. The summed E-state index contributed by atoms with van der Waals surface area (Å²) in [6.45, 7) is 4.49. The molecule has 0 radical (unpaired) electrons. The second-order valence-electron chi connectivity index (χ2n) is 23.2. The normalized spacial score (nSPS) is 13.2. The largest absolute Gasteiger partial charge is 0.472 e. The lowest BCUT2D eigenvalue weighted by atomic mass is 10.0. The summed E-state index contributed by atoms with van der Waals surface area (Å²) in [5.41, 5.74) is 0. The standard InChI is InChI=1S/C63H124NO8P/c1-6-8-10-12-14-16-18-20-22-24-25-26-27-28-29-30-31-32-33-34-35-36-37-38-40-41-43-45-47-49-51-53-55-62(65)69-59-61(60-71-73(67,68)70-58-57-64(3,4)5)72-63(66)56-54-52-50-48-46-44-42-39-23-21-19-17-15-13-11-9-7-2/h21,23,61H,6-20,22,24-60H2,1-5H3/p+1/b23-21-. The third-order valence-corrected chi connectivity index (χ3v) is 15.5. The minimum Gasteiger partial charge on any atom is -0.462 e. The quantitative estimate of drug-likeness (QED) is 0.0211. The minimum absolute atomic E-state index is 0.0345. The van der Waals surface area contributed by atoms with Crippen LogP contribution in [0.5, 0.6) is 0 Å². The third kappa shape index (κ3) is 59.8. The van der Waals surface area contributed by atoms with Gasteiger partial charge in [-0.1, -0.05) is 289 Å². The molecule has 2 unspecified atom stereocenters. The van der Waals surface area contributed by atoms with Crippen LogP contribution in [0.2, 0.25) is 0 Å². The van der Waals surface area contributed by atoms with Gasteiger partial charge in [-0.2, -0.15) is 0 Å². The summed E-state index contributed by atoms with van der Waals surface area (Å²) in [6.07, 6.45) is 66.0. The number of ether oxygens (including phenoxy) is 2. The van der Waals surface area contributed by atoms with E-state index in [1.807, 2.05) is 21.1 Å². The SMILES string of the molecule is CCCCCCCC/C=C\CCCCCCCCCC(=O)OC(COC(=O)CCCCCCCCCCCCCCCCCCCCCCCCCCCCCCCCCC)COP(=O)(O)OCC[N+](C)(C)C. The number of nitrogens with zero attached hydrogens (tertiary/aromatic N) is 1. The number of rotatable bonds is 60. The molecule has 0 amide bonds. The Labute approximate surface area is 454 Å². The molecule has 0 saturated carbocycles. The molecule has 0 bridgehead atoms. The molecule has 0 aromatic heterocycles. The molecule has 0 heterocycles. The van der Waals surface area contributed by atoms with E-state index in [-0.39, 0.29) is 25.6 Å². The van der Waals surface area contributed by atoms with Crippen LogP contribution in [0.1, 0.15) is 328 Å². The third-order valence-electron chi connectivity index (χ3n) is 14.5. The Hall–Kier alpha value is -1.25. The Bertz CT molecular complexity index is 1240. The Kier molecular flexibility index (Phi) is 54.6. The van der Waals surface area contributed by atoms with E-state index < -0.39 is 26.5 Å². The van der Waals surface area contributed by atoms with Crippen LogP contribution >= 0.6 is 7.82 Å². The van der Waals surface area contributed by atoms with Crippen molar-refractivity contribution in [1.82, 2.24) is 0 Å². The molecule has 2 atom stereocenters. The summed E-state index contributed by atoms with van der Waals surface area (Å²) >= 11 is 0. The molecule has 0 aliphatic rings. The van der Waals surface area contributed by atoms with Crippen molar-refractivity contribution < 1.29 is 42.1 Å². The van der Waals surface area contributed by atoms with Crippen molar-refractivity contribution in [2.45, 2.75) is 335 Å². The fraction of sp³-hybridized carbons (Fsp3) is 0.937. The number of allylic oxidation sites excluding steroid dienone is 2. The maximum Gasteiger partial charge on any atom is 0.472 e. The number of esters is 2. The molecular weight excluding hydrogens is 930 g/mol. The number of hydrogen-bond donors (Lipinski definition) is 1. The van der Waals surface area contributed by atoms with Crippen LogP contribution in [0.25, 0.3) is 0 Å². The van der Waals surface area contributed by atoms with Gasteiger partial charge in [0.1, 0.15) is 19.8 Å². The summed E-state index contributed by atoms with van der Waals surface area (Å²) in [5, 5.41) is 0. The van der Waals surface area contributed by atoms with E-state index in [1.54, 1.807) is 0 Å². The molecule has 0 aromatic rings. The van der Waals surface area contributed by atoms with Crippen LogP contribution in [0.15, 0.2) is 12.2 Å². The van der Waals surface area contributed by atoms with Crippen LogP contribution in [0, 0.1) is 0 Å². The van der Waals surface area contributed by atoms with Crippen molar-refractivity contribution >= 4 is 19.8 Å². The maximum atomic E-state index is 12.8. The highest BCUT2D eigenvalue weighted by Gasteiger charge is 2.27. The summed E-state index contributed by atoms with van der Waals surface area (Å²) in [4.78, 5) is 35.7. The van der Waals surface area contributed by atoms with Gasteiger partial charge < -0.3 is 18.9 Å². The zero-order valence-corrected chi connectivity index (χ0v) is 50.3. The number of quaternary nitrogens is 1. The van der Waals surface area contributed by atoms with Gasteiger partial charge in [-0.15, -0.1) is 0 Å². The van der Waals surface area contributed by atoms with E-state index in [0.29, 0.717) is 23.9 Å². The molecule has 0 spiro atoms. The maximum absolute atomic E-state index is 12.8. The molecule has 0 aliphatic carbocycles. The van der Waals surface area contributed by atoms with Crippen molar-refractivity contribution in [2.24, 2.45) is 0 Å². The molecule has 1 N–H and O–H groups in total. The van der Waals surface area contributed by atoms with Crippen LogP contribution in [-0.4, -0.2) is 74.9 Å². The highest BCUT2D eigenvalue weighted by atomic mass is 31.2. The van der Waals surface area contributed by atoms with Crippen molar-refractivity contribution in [3.63, 3.8) is 0 Å². The van der Waals surface area contributed by atoms with Crippen LogP contribution in [-0.2, 0) is 32.7 Å². The summed E-state index contributed by atoms with van der Waals surface area (Å²) in [5.74, 6) is -0.783. The van der Waals surface area contributed by atoms with E-state index in [4.69, 9.17) is 18.5 Å². The Morgan fingerprint density at radius 3 is 1.01 bits per heavy atom. The van der Waals surface area contributed by atoms with Gasteiger partial charge in [0.25, 0.3) is 0 Å². The average Bonchev–Trinajstić information content (AvgIpc) is 3.35. The second kappa shape index (κ2) is 55.5. The molecule has 0 saturated heterocycles. The van der Waals surface area contributed by atoms with Crippen molar-refractivity contribution in [3.8, 4) is 0 Å². The van der Waals surface area contributed by atoms with Gasteiger partial charge in [-0.25, -0.2) is 4.57 Å². The van der Waals surface area contributed by atoms with E-state index in [2.05, 4.69) is 26.0 Å². The lowest BCUT2D eigenvalue weighted by Gasteiger charge is -2.24. The number of unbranched alkanes of at least 4 members (excludes halogenated alkanes) is 44. The Morgan fingerprint density at radius 1 is 0.411 bits per heavy atom. The first-order valence-electron chi connectivity index (χ1n) is 31.9. The van der Waals surface area contributed by atoms with E-state index in [9.17, 15) is 19.0 Å². The average molecular weight is 1060 g/mol. The second-order valence-corrected chi connectivity index (χ2v) is 24.6. The highest BCUT2D eigenvalue weighted by Crippen LogP contribution is 2.43. The predicted molar refractivity (Wildman–Crippen MR) is 312 cm³/mol. The van der Waals surface area contributed by atoms with Gasteiger partial charge in [0, 0.05) is 12.8 Å². The first-order chi connectivity index (χ1) is 35.5. The van der Waals surface area contributed by atoms with Crippen molar-refractivity contribution in [2.75, 3.05) is 47.5 Å². The Morgan fingerprint density at radius 2 is 0.699 bits per heavy atom. The zero-order chi connectivity index (χ0) is 53.5. The van der Waals surface area contributed by atoms with E-state index in [1.165, 1.54) is 250 Å². The molecule has 0 aromatic carbocycles. The molecule has 0 rings (SSSR count). The lowest BCUT2D eigenvalue weighted by molar-refractivity contribution is -0.870. The molecular formula is C63H125NO8P+. The van der Waals surface area contributed by atoms with Gasteiger partial charge in [-0.05, 0) is 38.5 Å². The molecule has 0 fully saturated rings. The minimum atomic E-state index is -4.38. The van der Waals surface area contributed by atoms with Crippen LogP contribution in [0.3, 0.4) is 0 Å². The monoisotopic (exact) mass is 1050 g/mol. The van der Waals surface area contributed by atoms with E-state index in [0.717, 1.165) is 44.9 Å². The van der Waals surface area contributed by atoms with Crippen LogP contribution in [0.4, 0.5) is 0 Å². The zero-order valence-electron chi connectivity index (χ0n) is 49.4. The lowest BCUT2D eigenvalue weighted by Crippen LogP contribution is -2.37. The fourth-order valence-electron chi connectivity index (χ4n) is 9.60. The van der Waals surface area contributed by atoms with Gasteiger partial charge >= 0.3 is 19.8 Å². The number of carbonyl (C=O) groups excluding carboxylic acids is 2. The molecule has 434 valence electrons. The molecule has 10 heteroatoms. The summed E-state index contributed by atoms with van der Waals surface area (Å²) in [6, 6.07) is 0. The first-order valence-corrected chi connectivity index (χ1v) is 33.4. The predicted octanol–water partition coefficient (Wildman–Crippen LogP) is 20.0. The van der Waals surface area contributed by atoms with Gasteiger partial charge in [0.05, 0.1) is 27.7 Å². The van der Waals surface area contributed by atoms with Crippen molar-refractivity contribution in [1.29, 1.82) is 0 Å². The van der Waals surface area contributed by atoms with Crippen LogP contribution < -0.4 is 0 Å². The number of carbonyl (C=O) groups is 2. The fourth-order valence-corrected chi connectivity index (χ4v) is 10.3. The summed E-state index contributed by atoms with van der Waals surface area (Å²) < 4.78 is 34.6. The first kappa shape index (κ1) is 71.8. The number of hydrogen-bond acceptors (Lipinski definition) is 7.